The van der Waals surface area contributed by atoms with Gasteiger partial charge in [0.1, 0.15) is 4.88 Å². The first-order chi connectivity index (χ1) is 9.77. The van der Waals surface area contributed by atoms with Crippen LogP contribution in [0.1, 0.15) is 29.1 Å². The molecular formula is C15H13F3O2S. The molecule has 0 radical (unpaired) electrons. The summed E-state index contributed by atoms with van der Waals surface area (Å²) in [5.74, 6) is -0.423. The summed E-state index contributed by atoms with van der Waals surface area (Å²) in [6.07, 6.45) is -4.56. The van der Waals surface area contributed by atoms with Crippen LogP contribution in [-0.4, -0.2) is 12.1 Å². The fourth-order valence-electron chi connectivity index (χ4n) is 1.70. The Morgan fingerprint density at radius 2 is 1.71 bits per heavy atom. The Labute approximate surface area is 124 Å². The summed E-state index contributed by atoms with van der Waals surface area (Å²) >= 11 is 1.19. The second-order valence-electron chi connectivity index (χ2n) is 4.69. The third-order valence-electron chi connectivity index (χ3n) is 2.65. The van der Waals surface area contributed by atoms with Gasteiger partial charge in [0.2, 0.25) is 0 Å². The van der Waals surface area contributed by atoms with Crippen molar-refractivity contribution in [1.82, 2.24) is 0 Å². The van der Waals surface area contributed by atoms with Crippen molar-refractivity contribution >= 4 is 17.3 Å². The molecule has 0 aliphatic rings. The summed E-state index contributed by atoms with van der Waals surface area (Å²) < 4.78 is 42.6. The number of esters is 1. The van der Waals surface area contributed by atoms with Crippen molar-refractivity contribution in [2.45, 2.75) is 26.1 Å². The van der Waals surface area contributed by atoms with Crippen molar-refractivity contribution in [2.75, 3.05) is 0 Å². The van der Waals surface area contributed by atoms with E-state index < -0.39 is 17.7 Å². The first-order valence-corrected chi connectivity index (χ1v) is 7.07. The van der Waals surface area contributed by atoms with Gasteiger partial charge in [0.15, 0.2) is 0 Å². The van der Waals surface area contributed by atoms with E-state index in [1.165, 1.54) is 23.5 Å². The Morgan fingerprint density at radius 3 is 2.24 bits per heavy atom. The van der Waals surface area contributed by atoms with Crippen molar-refractivity contribution in [3.05, 3.63) is 46.8 Å². The van der Waals surface area contributed by atoms with Crippen LogP contribution in [0, 0.1) is 0 Å². The standard InChI is InChI=1S/C15H13F3O2S/c1-9(2)20-14(19)13-8-7-12(21-13)10-3-5-11(6-4-10)15(16,17)18/h3-9H,1-2H3. The average Bonchev–Trinajstić information content (AvgIpc) is 2.86. The first kappa shape index (κ1) is 15.6. The number of hydrogen-bond acceptors (Lipinski definition) is 3. The van der Waals surface area contributed by atoms with Crippen molar-refractivity contribution < 1.29 is 22.7 Å². The molecule has 0 aliphatic heterocycles. The minimum atomic E-state index is -4.35. The van der Waals surface area contributed by atoms with Crippen LogP contribution in [0.3, 0.4) is 0 Å². The van der Waals surface area contributed by atoms with Crippen LogP contribution in [0.25, 0.3) is 10.4 Å². The maximum atomic E-state index is 12.5. The molecule has 112 valence electrons. The second-order valence-corrected chi connectivity index (χ2v) is 5.78. The van der Waals surface area contributed by atoms with Crippen LogP contribution in [0.4, 0.5) is 13.2 Å². The number of ether oxygens (including phenoxy) is 1. The average molecular weight is 314 g/mol. The van der Waals surface area contributed by atoms with Crippen LogP contribution in [0.15, 0.2) is 36.4 Å². The zero-order chi connectivity index (χ0) is 15.6. The lowest BCUT2D eigenvalue weighted by Gasteiger charge is -2.07. The predicted octanol–water partition coefficient (Wildman–Crippen LogP) is 5.00. The Bertz CT molecular complexity index is 627. The minimum absolute atomic E-state index is 0.214. The van der Waals surface area contributed by atoms with Crippen molar-refractivity contribution in [3.63, 3.8) is 0 Å². The highest BCUT2D eigenvalue weighted by Gasteiger charge is 2.30. The molecule has 0 N–H and O–H groups in total. The van der Waals surface area contributed by atoms with Gasteiger partial charge in [0.25, 0.3) is 0 Å². The lowest BCUT2D eigenvalue weighted by Crippen LogP contribution is -2.09. The zero-order valence-electron chi connectivity index (χ0n) is 11.4. The van der Waals surface area contributed by atoms with E-state index in [9.17, 15) is 18.0 Å². The Kier molecular flexibility index (Phi) is 4.37. The summed E-state index contributed by atoms with van der Waals surface area (Å²) in [5.41, 5.74) is -0.0566. The maximum Gasteiger partial charge on any atom is 0.416 e. The van der Waals surface area contributed by atoms with Crippen LogP contribution in [0.5, 0.6) is 0 Å². The summed E-state index contributed by atoms with van der Waals surface area (Å²) in [5, 5.41) is 0. The van der Waals surface area contributed by atoms with Gasteiger partial charge in [0.05, 0.1) is 11.7 Å². The van der Waals surface area contributed by atoms with E-state index in [1.54, 1.807) is 26.0 Å². The van der Waals surface area contributed by atoms with Crippen LogP contribution >= 0.6 is 11.3 Å². The number of rotatable bonds is 3. The van der Waals surface area contributed by atoms with Crippen molar-refractivity contribution in [1.29, 1.82) is 0 Å². The highest BCUT2D eigenvalue weighted by Crippen LogP contribution is 2.33. The number of thiophene rings is 1. The first-order valence-electron chi connectivity index (χ1n) is 6.26. The highest BCUT2D eigenvalue weighted by atomic mass is 32.1. The van der Waals surface area contributed by atoms with Crippen molar-refractivity contribution in [3.8, 4) is 10.4 Å². The van der Waals surface area contributed by atoms with Gasteiger partial charge in [-0.15, -0.1) is 11.3 Å². The fourth-order valence-corrected chi connectivity index (χ4v) is 2.59. The molecule has 1 heterocycles. The topological polar surface area (TPSA) is 26.3 Å². The summed E-state index contributed by atoms with van der Waals surface area (Å²) in [6, 6.07) is 8.16. The largest absolute Gasteiger partial charge is 0.459 e. The number of carbonyl (C=O) groups is 1. The Balaban J connectivity index is 2.20. The Morgan fingerprint density at radius 1 is 1.10 bits per heavy atom. The lowest BCUT2D eigenvalue weighted by atomic mass is 10.1. The van der Waals surface area contributed by atoms with Crippen LogP contribution < -0.4 is 0 Å². The number of hydrogen-bond donors (Lipinski definition) is 0. The highest BCUT2D eigenvalue weighted by molar-refractivity contribution is 7.17. The molecule has 6 heteroatoms. The molecular weight excluding hydrogens is 301 g/mol. The molecule has 0 aliphatic carbocycles. The van der Waals surface area contributed by atoms with Gasteiger partial charge in [-0.05, 0) is 43.7 Å². The quantitative estimate of drug-likeness (QED) is 0.745. The summed E-state index contributed by atoms with van der Waals surface area (Å²) in [4.78, 5) is 12.9. The van der Waals surface area contributed by atoms with E-state index in [4.69, 9.17) is 4.74 Å². The van der Waals surface area contributed by atoms with E-state index in [1.807, 2.05) is 0 Å². The smallest absolute Gasteiger partial charge is 0.416 e. The van der Waals surface area contributed by atoms with Gasteiger partial charge >= 0.3 is 12.1 Å². The van der Waals surface area contributed by atoms with Crippen LogP contribution in [-0.2, 0) is 10.9 Å². The van der Waals surface area contributed by atoms with E-state index in [2.05, 4.69) is 0 Å². The molecule has 2 rings (SSSR count). The van der Waals surface area contributed by atoms with Gasteiger partial charge in [-0.2, -0.15) is 13.2 Å². The minimum Gasteiger partial charge on any atom is -0.459 e. The second kappa shape index (κ2) is 5.89. The molecule has 0 fully saturated rings. The lowest BCUT2D eigenvalue weighted by molar-refractivity contribution is -0.137. The molecule has 0 saturated carbocycles. The van der Waals surface area contributed by atoms with E-state index in [-0.39, 0.29) is 6.10 Å². The van der Waals surface area contributed by atoms with Gasteiger partial charge in [0, 0.05) is 4.88 Å². The predicted molar refractivity (Wildman–Crippen MR) is 75.3 cm³/mol. The molecule has 0 atom stereocenters. The molecule has 21 heavy (non-hydrogen) atoms. The SMILES string of the molecule is CC(C)OC(=O)c1ccc(-c2ccc(C(F)(F)F)cc2)s1. The Hall–Kier alpha value is -1.82. The molecule has 2 aromatic rings. The van der Waals surface area contributed by atoms with Gasteiger partial charge in [-0.25, -0.2) is 4.79 Å². The molecule has 1 aromatic heterocycles. The molecule has 0 saturated heterocycles. The fraction of sp³-hybridized carbons (Fsp3) is 0.267. The zero-order valence-corrected chi connectivity index (χ0v) is 12.2. The van der Waals surface area contributed by atoms with Gasteiger partial charge < -0.3 is 4.74 Å². The van der Waals surface area contributed by atoms with E-state index >= 15 is 0 Å². The summed E-state index contributed by atoms with van der Waals surface area (Å²) in [7, 11) is 0. The van der Waals surface area contributed by atoms with Gasteiger partial charge in [-0.1, -0.05) is 12.1 Å². The molecule has 0 unspecified atom stereocenters. The number of benzene rings is 1. The van der Waals surface area contributed by atoms with E-state index in [0.29, 0.717) is 10.4 Å². The number of carbonyl (C=O) groups excluding carboxylic acids is 1. The molecule has 0 bridgehead atoms. The number of halogens is 3. The summed E-state index contributed by atoms with van der Waals surface area (Å²) in [6.45, 7) is 3.50. The third-order valence-corrected chi connectivity index (χ3v) is 3.76. The molecule has 0 amide bonds. The molecule has 2 nitrogen and oxygen atoms in total. The molecule has 0 spiro atoms. The number of alkyl halides is 3. The monoisotopic (exact) mass is 314 g/mol. The molecule has 1 aromatic carbocycles. The maximum absolute atomic E-state index is 12.5. The van der Waals surface area contributed by atoms with Crippen molar-refractivity contribution in [2.24, 2.45) is 0 Å². The normalized spacial score (nSPS) is 11.7. The van der Waals surface area contributed by atoms with Gasteiger partial charge in [-0.3, -0.25) is 0 Å². The van der Waals surface area contributed by atoms with Crippen LogP contribution in [0.2, 0.25) is 0 Å². The third kappa shape index (κ3) is 3.85. The van der Waals surface area contributed by atoms with E-state index in [0.717, 1.165) is 17.0 Å².